The molecule has 2 aliphatic heterocycles. The number of piperazine rings is 1. The molecule has 2 saturated heterocycles. The normalized spacial score (nSPS) is 15.8. The number of ether oxygens (including phenoxy) is 1. The second-order valence-corrected chi connectivity index (χ2v) is 14.3. The molecule has 5 aromatic rings. The number of likely N-dealkylation sites (N-methyl/N-ethyl adjacent to an activating group) is 1. The summed E-state index contributed by atoms with van der Waals surface area (Å²) in [5.41, 5.74) is 8.68. The molecule has 0 atom stereocenters. The van der Waals surface area contributed by atoms with E-state index in [1.165, 1.54) is 16.8 Å². The molecular formula is C40H48N10OS. The smallest absolute Gasteiger partial charge is 0.229 e. The van der Waals surface area contributed by atoms with E-state index in [-0.39, 0.29) is 0 Å². The summed E-state index contributed by atoms with van der Waals surface area (Å²) in [5.74, 6) is 1.81. The summed E-state index contributed by atoms with van der Waals surface area (Å²) in [7, 11) is 5.96. The summed E-state index contributed by atoms with van der Waals surface area (Å²) in [6.45, 7) is 10.7. The number of aromatic nitrogens is 4. The molecule has 11 nitrogen and oxygen atoms in total. The van der Waals surface area contributed by atoms with Gasteiger partial charge in [0, 0.05) is 94.5 Å². The summed E-state index contributed by atoms with van der Waals surface area (Å²) in [5, 5.41) is 7.05. The number of benzene rings is 3. The van der Waals surface area contributed by atoms with Gasteiger partial charge in [-0.15, -0.1) is 0 Å². The molecule has 0 unspecified atom stereocenters. The Morgan fingerprint density at radius 2 is 1.71 bits per heavy atom. The largest absolute Gasteiger partial charge is 0.494 e. The van der Waals surface area contributed by atoms with Crippen LogP contribution in [0, 0.1) is 0 Å². The fourth-order valence-corrected chi connectivity index (χ4v) is 7.64. The van der Waals surface area contributed by atoms with Gasteiger partial charge < -0.3 is 29.5 Å². The maximum absolute atomic E-state index is 6.04. The van der Waals surface area contributed by atoms with Gasteiger partial charge >= 0.3 is 0 Å². The van der Waals surface area contributed by atoms with Crippen LogP contribution < -0.4 is 24.6 Å². The Morgan fingerprint density at radius 1 is 0.942 bits per heavy atom. The Kier molecular flexibility index (Phi) is 11.0. The molecule has 0 bridgehead atoms. The highest BCUT2D eigenvalue weighted by Crippen LogP contribution is 2.39. The number of piperidine rings is 1. The number of hydrogen-bond acceptors (Lipinski definition) is 12. The molecule has 0 saturated carbocycles. The highest BCUT2D eigenvalue weighted by atomic mass is 32.2. The molecule has 4 heterocycles. The molecule has 2 aromatic heterocycles. The van der Waals surface area contributed by atoms with Gasteiger partial charge in [-0.05, 0) is 55.6 Å². The van der Waals surface area contributed by atoms with E-state index in [1.807, 2.05) is 25.4 Å². The van der Waals surface area contributed by atoms with E-state index >= 15 is 0 Å². The van der Waals surface area contributed by atoms with Gasteiger partial charge in [0.2, 0.25) is 5.95 Å². The SMILES string of the molecule is C=Cc1cnc(Nc2cc(Cc3ccccc3)c(N3CCC(N4CCN(C)CC4)CC3)cc2OC)nc1Nc1ccc2nccnc2c1N(C)SC. The minimum absolute atomic E-state index is 0.443. The first kappa shape index (κ1) is 35.5. The minimum atomic E-state index is 0.443. The lowest BCUT2D eigenvalue weighted by atomic mass is 9.97. The summed E-state index contributed by atoms with van der Waals surface area (Å²) in [6.07, 6.45) is 12.1. The third-order valence-electron chi connectivity index (χ3n) is 10.2. The van der Waals surface area contributed by atoms with Crippen molar-refractivity contribution in [3.8, 4) is 5.75 Å². The summed E-state index contributed by atoms with van der Waals surface area (Å²) >= 11 is 1.60. The van der Waals surface area contributed by atoms with Gasteiger partial charge in [-0.1, -0.05) is 54.9 Å². The first-order valence-corrected chi connectivity index (χ1v) is 19.1. The van der Waals surface area contributed by atoms with E-state index in [2.05, 4.69) is 101 Å². The third-order valence-corrected chi connectivity index (χ3v) is 11.0. The molecular weight excluding hydrogens is 669 g/mol. The molecule has 3 aromatic carbocycles. The van der Waals surface area contributed by atoms with Gasteiger partial charge in [0.25, 0.3) is 0 Å². The maximum Gasteiger partial charge on any atom is 0.229 e. The number of rotatable bonds is 12. The molecule has 7 rings (SSSR count). The van der Waals surface area contributed by atoms with Crippen LogP contribution in [0.1, 0.15) is 29.5 Å². The van der Waals surface area contributed by atoms with Crippen molar-refractivity contribution < 1.29 is 4.74 Å². The molecule has 270 valence electrons. The molecule has 0 spiro atoms. The lowest BCUT2D eigenvalue weighted by Crippen LogP contribution is -2.52. The molecule has 0 radical (unpaired) electrons. The summed E-state index contributed by atoms with van der Waals surface area (Å²) in [6, 6.07) is 19.7. The van der Waals surface area contributed by atoms with Crippen molar-refractivity contribution >= 4 is 63.6 Å². The highest BCUT2D eigenvalue weighted by molar-refractivity contribution is 7.99. The monoisotopic (exact) mass is 716 g/mol. The zero-order chi connectivity index (χ0) is 36.0. The molecule has 2 fully saturated rings. The second-order valence-electron chi connectivity index (χ2n) is 13.4. The zero-order valence-corrected chi connectivity index (χ0v) is 31.4. The van der Waals surface area contributed by atoms with Crippen LogP contribution in [0.3, 0.4) is 0 Å². The molecule has 0 aliphatic carbocycles. The van der Waals surface area contributed by atoms with Crippen molar-refractivity contribution in [2.75, 3.05) is 86.6 Å². The third kappa shape index (κ3) is 7.79. The van der Waals surface area contributed by atoms with Crippen LogP contribution in [0.4, 0.5) is 34.5 Å². The van der Waals surface area contributed by atoms with Crippen LogP contribution in [-0.2, 0) is 6.42 Å². The molecule has 2 aliphatic rings. The van der Waals surface area contributed by atoms with Gasteiger partial charge in [0.1, 0.15) is 17.1 Å². The minimum Gasteiger partial charge on any atom is -0.494 e. The van der Waals surface area contributed by atoms with E-state index in [4.69, 9.17) is 9.72 Å². The van der Waals surface area contributed by atoms with E-state index in [0.717, 1.165) is 97.9 Å². The van der Waals surface area contributed by atoms with Crippen molar-refractivity contribution in [3.63, 3.8) is 0 Å². The van der Waals surface area contributed by atoms with E-state index in [0.29, 0.717) is 17.8 Å². The number of hydrogen-bond donors (Lipinski definition) is 2. The quantitative estimate of drug-likeness (QED) is 0.129. The standard InChI is InChI=1S/C40H48N10OS/c1-6-29-27-43-40(46-39(29)44-33-13-12-32-37(42-17-16-41-32)38(33)48(3)52-5)45-34-25-30(24-28-10-8-7-9-11-28)35(26-36(34)51-4)50-18-14-31(15-19-50)49-22-20-47(2)21-23-49/h6-13,16-17,25-27,31H,1,14-15,18-24H2,2-5H3,(H2,43,44,45,46). The lowest BCUT2D eigenvalue weighted by Gasteiger charge is -2.43. The van der Waals surface area contributed by atoms with Crippen LogP contribution in [0.15, 0.2) is 79.8 Å². The van der Waals surface area contributed by atoms with Gasteiger partial charge in [-0.2, -0.15) is 4.98 Å². The van der Waals surface area contributed by atoms with Gasteiger partial charge in [0.05, 0.1) is 29.7 Å². The first-order chi connectivity index (χ1) is 25.4. The van der Waals surface area contributed by atoms with Crippen molar-refractivity contribution in [3.05, 3.63) is 96.5 Å². The zero-order valence-electron chi connectivity index (χ0n) is 30.5. The van der Waals surface area contributed by atoms with Gasteiger partial charge in [-0.25, -0.2) is 4.98 Å². The van der Waals surface area contributed by atoms with Crippen LogP contribution in [0.25, 0.3) is 17.1 Å². The number of anilines is 6. The maximum atomic E-state index is 6.04. The van der Waals surface area contributed by atoms with Crippen molar-refractivity contribution in [2.45, 2.75) is 25.3 Å². The van der Waals surface area contributed by atoms with Crippen LogP contribution in [0.5, 0.6) is 5.75 Å². The topological polar surface area (TPSA) is 97.8 Å². The average molecular weight is 717 g/mol. The number of methoxy groups -OCH3 is 1. The Bertz CT molecular complexity index is 1990. The van der Waals surface area contributed by atoms with Crippen molar-refractivity contribution in [1.29, 1.82) is 0 Å². The van der Waals surface area contributed by atoms with Gasteiger partial charge in [0.15, 0.2) is 0 Å². The van der Waals surface area contributed by atoms with E-state index in [9.17, 15) is 0 Å². The summed E-state index contributed by atoms with van der Waals surface area (Å²) < 4.78 is 8.11. The molecule has 12 heteroatoms. The molecule has 0 amide bonds. The van der Waals surface area contributed by atoms with Gasteiger partial charge in [-0.3, -0.25) is 14.9 Å². The van der Waals surface area contributed by atoms with E-state index in [1.54, 1.807) is 43.7 Å². The Balaban J connectivity index is 1.18. The molecule has 2 N–H and O–H groups in total. The number of fused-ring (bicyclic) bond motifs is 1. The second kappa shape index (κ2) is 16.2. The number of nitrogens with zero attached hydrogens (tertiary/aromatic N) is 8. The van der Waals surface area contributed by atoms with Crippen LogP contribution in [-0.4, -0.2) is 103 Å². The van der Waals surface area contributed by atoms with Crippen molar-refractivity contribution in [1.82, 2.24) is 29.7 Å². The Labute approximate surface area is 311 Å². The Morgan fingerprint density at radius 3 is 2.44 bits per heavy atom. The average Bonchev–Trinajstić information content (AvgIpc) is 3.18. The van der Waals surface area contributed by atoms with E-state index < -0.39 is 0 Å². The van der Waals surface area contributed by atoms with Crippen LogP contribution in [0.2, 0.25) is 0 Å². The van der Waals surface area contributed by atoms with Crippen molar-refractivity contribution in [2.24, 2.45) is 0 Å². The molecule has 52 heavy (non-hydrogen) atoms. The summed E-state index contributed by atoms with van der Waals surface area (Å²) in [4.78, 5) is 26.5. The fourth-order valence-electron chi connectivity index (χ4n) is 7.27. The Hall–Kier alpha value is -4.91. The fraction of sp³-hybridized carbons (Fsp3) is 0.350. The highest BCUT2D eigenvalue weighted by Gasteiger charge is 2.28. The van der Waals surface area contributed by atoms with Crippen LogP contribution >= 0.6 is 11.9 Å². The predicted molar refractivity (Wildman–Crippen MR) is 217 cm³/mol. The lowest BCUT2D eigenvalue weighted by molar-refractivity contribution is 0.0982. The predicted octanol–water partition coefficient (Wildman–Crippen LogP) is 7.08. The first-order valence-electron chi connectivity index (χ1n) is 17.9. The number of nitrogens with one attached hydrogen (secondary N) is 2.